The molecule has 0 aromatic carbocycles. The Kier molecular flexibility index (Phi) is 5.09. The number of carbonyl (C=O) groups excluding carboxylic acids is 1. The predicted octanol–water partition coefficient (Wildman–Crippen LogP) is 2.22. The van der Waals surface area contributed by atoms with Gasteiger partial charge in [-0.15, -0.1) is 0 Å². The fourth-order valence-corrected chi connectivity index (χ4v) is 3.11. The summed E-state index contributed by atoms with van der Waals surface area (Å²) in [6.07, 6.45) is 4.39. The number of hydrogen-bond donors (Lipinski definition) is 0. The van der Waals surface area contributed by atoms with E-state index < -0.39 is 7.12 Å². The molecule has 8 heteroatoms. The molecular formula is C18H30BN3O4. The second kappa shape index (κ2) is 6.89. The first-order valence-corrected chi connectivity index (χ1v) is 9.40. The third-order valence-electron chi connectivity index (χ3n) is 5.48. The highest BCUT2D eigenvalue weighted by Gasteiger charge is 2.52. The monoisotopic (exact) mass is 363 g/mol. The van der Waals surface area contributed by atoms with Crippen molar-refractivity contribution in [1.29, 1.82) is 0 Å². The van der Waals surface area contributed by atoms with Crippen molar-refractivity contribution in [1.82, 2.24) is 14.7 Å². The molecule has 1 aromatic heterocycles. The number of hydrogen-bond acceptors (Lipinski definition) is 5. The maximum absolute atomic E-state index is 12.1. The average Bonchev–Trinajstić information content (AvgIpc) is 3.23. The van der Waals surface area contributed by atoms with Crippen molar-refractivity contribution in [2.75, 3.05) is 19.7 Å². The summed E-state index contributed by atoms with van der Waals surface area (Å²) in [5.74, 6) is 0.339. The Labute approximate surface area is 156 Å². The number of likely N-dealkylation sites (tertiary alicyclic amines) is 1. The third kappa shape index (κ3) is 3.76. The van der Waals surface area contributed by atoms with Gasteiger partial charge >= 0.3 is 13.2 Å². The summed E-state index contributed by atoms with van der Waals surface area (Å²) >= 11 is 0. The summed E-state index contributed by atoms with van der Waals surface area (Å²) in [5, 5.41) is 4.48. The van der Waals surface area contributed by atoms with Crippen LogP contribution in [-0.2, 0) is 14.0 Å². The molecule has 0 spiro atoms. The zero-order valence-electron chi connectivity index (χ0n) is 16.7. The Balaban J connectivity index is 1.60. The van der Waals surface area contributed by atoms with Gasteiger partial charge in [-0.25, -0.2) is 4.79 Å². The van der Waals surface area contributed by atoms with E-state index >= 15 is 0 Å². The van der Waals surface area contributed by atoms with Crippen LogP contribution in [0.1, 0.15) is 54.0 Å². The molecule has 0 bridgehead atoms. The van der Waals surface area contributed by atoms with Gasteiger partial charge in [0.05, 0.1) is 23.9 Å². The molecule has 0 radical (unpaired) electrons. The molecule has 2 saturated heterocycles. The number of carbonyl (C=O) groups is 1. The molecule has 2 aliphatic rings. The molecule has 1 aromatic rings. The lowest BCUT2D eigenvalue weighted by Gasteiger charge is -2.32. The minimum Gasteiger partial charge on any atom is -0.449 e. The molecule has 3 rings (SSSR count). The van der Waals surface area contributed by atoms with Crippen LogP contribution in [0.4, 0.5) is 4.79 Å². The third-order valence-corrected chi connectivity index (χ3v) is 5.48. The Morgan fingerprint density at radius 3 is 2.62 bits per heavy atom. The van der Waals surface area contributed by atoms with Crippen molar-refractivity contribution in [2.24, 2.45) is 5.92 Å². The van der Waals surface area contributed by atoms with E-state index in [4.69, 9.17) is 14.0 Å². The van der Waals surface area contributed by atoms with Crippen molar-refractivity contribution < 1.29 is 18.8 Å². The van der Waals surface area contributed by atoms with Gasteiger partial charge in [0.2, 0.25) is 0 Å². The molecule has 0 saturated carbocycles. The summed E-state index contributed by atoms with van der Waals surface area (Å²) < 4.78 is 19.4. The minimum atomic E-state index is -0.415. The van der Waals surface area contributed by atoms with Crippen LogP contribution in [0.15, 0.2) is 12.4 Å². The lowest BCUT2D eigenvalue weighted by Crippen LogP contribution is -2.41. The Bertz CT molecular complexity index is 643. The maximum Gasteiger partial charge on any atom is 0.498 e. The van der Waals surface area contributed by atoms with E-state index in [9.17, 15) is 4.79 Å². The normalized spacial score (nSPS) is 24.5. The highest BCUT2D eigenvalue weighted by atomic mass is 16.7. The number of nitrogens with zero attached hydrogens (tertiary/aromatic N) is 3. The van der Waals surface area contributed by atoms with Gasteiger partial charge in [-0.05, 0) is 40.0 Å². The number of rotatable bonds is 4. The highest BCUT2D eigenvalue weighted by molar-refractivity contribution is 6.62. The quantitative estimate of drug-likeness (QED) is 0.768. The van der Waals surface area contributed by atoms with Gasteiger partial charge in [0.15, 0.2) is 0 Å². The van der Waals surface area contributed by atoms with Crippen molar-refractivity contribution in [2.45, 2.75) is 65.2 Å². The second-order valence-electron chi connectivity index (χ2n) is 8.70. The van der Waals surface area contributed by atoms with Crippen molar-refractivity contribution in [3.63, 3.8) is 0 Å². The van der Waals surface area contributed by atoms with Crippen LogP contribution >= 0.6 is 0 Å². The van der Waals surface area contributed by atoms with Crippen LogP contribution in [0.2, 0.25) is 0 Å². The van der Waals surface area contributed by atoms with Crippen LogP contribution in [0.25, 0.3) is 0 Å². The van der Waals surface area contributed by atoms with E-state index in [2.05, 4.69) is 5.10 Å². The van der Waals surface area contributed by atoms with Gasteiger partial charge in [-0.3, -0.25) is 4.68 Å². The largest absolute Gasteiger partial charge is 0.498 e. The topological polar surface area (TPSA) is 65.8 Å². The van der Waals surface area contributed by atoms with E-state index in [1.54, 1.807) is 11.1 Å². The van der Waals surface area contributed by atoms with Crippen LogP contribution in [0, 0.1) is 5.92 Å². The molecule has 0 aliphatic carbocycles. The van der Waals surface area contributed by atoms with Crippen LogP contribution in [0.3, 0.4) is 0 Å². The maximum atomic E-state index is 12.1. The van der Waals surface area contributed by atoms with E-state index in [1.807, 2.05) is 52.4 Å². The molecule has 2 aliphatic heterocycles. The molecule has 26 heavy (non-hydrogen) atoms. The molecule has 2 fully saturated rings. The second-order valence-corrected chi connectivity index (χ2v) is 8.70. The van der Waals surface area contributed by atoms with Crippen LogP contribution < -0.4 is 5.46 Å². The van der Waals surface area contributed by atoms with Crippen molar-refractivity contribution >= 4 is 18.7 Å². The van der Waals surface area contributed by atoms with Crippen LogP contribution in [-0.4, -0.2) is 58.8 Å². The summed E-state index contributed by atoms with van der Waals surface area (Å²) in [4.78, 5) is 13.9. The lowest BCUT2D eigenvalue weighted by molar-refractivity contribution is 0.00578. The smallest absolute Gasteiger partial charge is 0.449 e. The first-order chi connectivity index (χ1) is 12.1. The Morgan fingerprint density at radius 1 is 1.35 bits per heavy atom. The Morgan fingerprint density at radius 2 is 2.00 bits per heavy atom. The number of aromatic nitrogens is 2. The van der Waals surface area contributed by atoms with E-state index in [-0.39, 0.29) is 23.3 Å². The molecule has 144 valence electrons. The number of ether oxygens (including phenoxy) is 1. The van der Waals surface area contributed by atoms with E-state index in [1.165, 1.54) is 0 Å². The zero-order valence-corrected chi connectivity index (χ0v) is 16.7. The Hall–Kier alpha value is -1.54. The van der Waals surface area contributed by atoms with Crippen molar-refractivity contribution in [3.8, 4) is 0 Å². The zero-order chi connectivity index (χ0) is 19.1. The number of amides is 1. The highest BCUT2D eigenvalue weighted by Crippen LogP contribution is 2.36. The molecule has 1 atom stereocenters. The SMILES string of the molecule is CC(C)COC(=O)N1CCC(n2cc(B3OC(C)(C)C(C)(C)O3)cn2)C1. The molecule has 1 unspecified atom stereocenters. The van der Waals surface area contributed by atoms with Crippen molar-refractivity contribution in [3.05, 3.63) is 12.4 Å². The first kappa shape index (κ1) is 19.2. The molecule has 7 nitrogen and oxygen atoms in total. The van der Waals surface area contributed by atoms with E-state index in [0.29, 0.717) is 25.6 Å². The molecule has 1 amide bonds. The predicted molar refractivity (Wildman–Crippen MR) is 99.4 cm³/mol. The van der Waals surface area contributed by atoms with Gasteiger partial charge in [0.25, 0.3) is 0 Å². The average molecular weight is 363 g/mol. The minimum absolute atomic E-state index is 0.151. The first-order valence-electron chi connectivity index (χ1n) is 9.40. The summed E-state index contributed by atoms with van der Waals surface area (Å²) in [6, 6.07) is 0.151. The molecule has 3 heterocycles. The van der Waals surface area contributed by atoms with Crippen LogP contribution in [0.5, 0.6) is 0 Å². The van der Waals surface area contributed by atoms with Gasteiger partial charge < -0.3 is 18.9 Å². The lowest BCUT2D eigenvalue weighted by atomic mass is 9.82. The van der Waals surface area contributed by atoms with Gasteiger partial charge in [0, 0.05) is 30.9 Å². The summed E-state index contributed by atoms with van der Waals surface area (Å²) in [5.41, 5.74) is 0.165. The van der Waals surface area contributed by atoms with Gasteiger partial charge in [-0.2, -0.15) is 5.10 Å². The summed E-state index contributed by atoms with van der Waals surface area (Å²) in [7, 11) is -0.415. The van der Waals surface area contributed by atoms with E-state index in [0.717, 1.165) is 11.9 Å². The fourth-order valence-electron chi connectivity index (χ4n) is 3.11. The van der Waals surface area contributed by atoms with Gasteiger partial charge in [-0.1, -0.05) is 13.8 Å². The van der Waals surface area contributed by atoms with Gasteiger partial charge in [0.1, 0.15) is 0 Å². The standard InChI is InChI=1S/C18H30BN3O4/c1-13(2)12-24-16(23)21-8-7-15(11-21)22-10-14(9-20-22)19-25-17(3,4)18(5,6)26-19/h9-10,13,15H,7-8,11-12H2,1-6H3. The molecule has 0 N–H and O–H groups in total. The fraction of sp³-hybridized carbons (Fsp3) is 0.778. The molecular weight excluding hydrogens is 333 g/mol. The summed E-state index contributed by atoms with van der Waals surface area (Å²) in [6.45, 7) is 14.0.